The van der Waals surface area contributed by atoms with E-state index in [1.165, 1.54) is 131 Å². The maximum Gasteiger partial charge on any atom is 0.119 e. The third kappa shape index (κ3) is 8.98. The van der Waals surface area contributed by atoms with E-state index >= 15 is 0 Å². The van der Waals surface area contributed by atoms with Crippen molar-refractivity contribution in [2.75, 3.05) is 46.4 Å². The SMILES string of the molecule is C[N+]1(CCCCCCOc2ccc(C(=C3C4CC5CC(C4)CC3C5)c3ccc(OCCCCCCN)cc3)cc2)CCCCCC1. The summed E-state index contributed by atoms with van der Waals surface area (Å²) in [5.74, 6) is 5.44. The Hall–Kier alpha value is -2.30. The molecule has 7 rings (SSSR count). The summed E-state index contributed by atoms with van der Waals surface area (Å²) in [5, 5.41) is 0. The molecule has 46 heavy (non-hydrogen) atoms. The molecule has 2 N–H and O–H groups in total. The largest absolute Gasteiger partial charge is 0.494 e. The fraction of sp³-hybridized carbons (Fsp3) is 0.667. The van der Waals surface area contributed by atoms with Crippen molar-refractivity contribution in [1.29, 1.82) is 0 Å². The van der Waals surface area contributed by atoms with Gasteiger partial charge in [0, 0.05) is 0 Å². The highest BCUT2D eigenvalue weighted by Gasteiger charge is 2.46. The number of nitrogens with two attached hydrogens (primary N) is 1. The smallest absolute Gasteiger partial charge is 0.119 e. The van der Waals surface area contributed by atoms with Crippen molar-refractivity contribution in [3.8, 4) is 11.5 Å². The van der Waals surface area contributed by atoms with Gasteiger partial charge in [-0.05, 0) is 167 Å². The Balaban J connectivity index is 1.05. The number of quaternary nitrogens is 1. The molecule has 5 aliphatic rings. The molecule has 4 heteroatoms. The summed E-state index contributed by atoms with van der Waals surface area (Å²) < 4.78 is 13.7. The highest BCUT2D eigenvalue weighted by Crippen LogP contribution is 2.58. The lowest BCUT2D eigenvalue weighted by atomic mass is 9.53. The van der Waals surface area contributed by atoms with Crippen molar-refractivity contribution >= 4 is 5.57 Å². The van der Waals surface area contributed by atoms with Crippen LogP contribution in [-0.4, -0.2) is 50.9 Å². The lowest BCUT2D eigenvalue weighted by Crippen LogP contribution is -2.45. The van der Waals surface area contributed by atoms with Gasteiger partial charge in [0.05, 0.1) is 39.9 Å². The number of likely N-dealkylation sites (tertiary alicyclic amines) is 1. The van der Waals surface area contributed by atoms with Crippen LogP contribution in [0.5, 0.6) is 11.5 Å². The molecule has 0 unspecified atom stereocenters. The van der Waals surface area contributed by atoms with Gasteiger partial charge in [-0.2, -0.15) is 0 Å². The van der Waals surface area contributed by atoms with Crippen LogP contribution >= 0.6 is 0 Å². The van der Waals surface area contributed by atoms with Gasteiger partial charge in [-0.1, -0.05) is 42.7 Å². The van der Waals surface area contributed by atoms with E-state index in [9.17, 15) is 0 Å². The molecule has 4 aliphatic carbocycles. The van der Waals surface area contributed by atoms with Gasteiger partial charge < -0.3 is 19.7 Å². The molecule has 4 bridgehead atoms. The Morgan fingerprint density at radius 3 is 1.59 bits per heavy atom. The van der Waals surface area contributed by atoms with Gasteiger partial charge >= 0.3 is 0 Å². The van der Waals surface area contributed by atoms with E-state index in [0.29, 0.717) is 0 Å². The zero-order valence-corrected chi connectivity index (χ0v) is 29.0. The number of ether oxygens (including phenoxy) is 2. The molecule has 0 spiro atoms. The van der Waals surface area contributed by atoms with Crippen molar-refractivity contribution in [2.45, 2.75) is 109 Å². The lowest BCUT2D eigenvalue weighted by Gasteiger charge is -2.52. The molecule has 0 atom stereocenters. The molecule has 2 aromatic carbocycles. The standard InChI is InChI=1S/C42H63N2O2/c1-44(23-9-3-4-10-24-44)25-11-5-7-13-27-46-40-20-16-36(17-21-40)41(42-37-29-33-28-34(31-37)32-38(42)30-33)35-14-18-39(19-15-35)45-26-12-6-2-8-22-43/h14-21,33-34,37-38H,2-13,22-32,43H2,1H3/q+1. The zero-order valence-electron chi connectivity index (χ0n) is 29.0. The van der Waals surface area contributed by atoms with E-state index < -0.39 is 0 Å². The molecular weight excluding hydrogens is 564 g/mol. The van der Waals surface area contributed by atoms with E-state index in [1.807, 2.05) is 0 Å². The number of nitrogens with zero attached hydrogens (tertiary/aromatic N) is 1. The average Bonchev–Trinajstić information content (AvgIpc) is 3.29. The molecule has 0 amide bonds. The molecule has 252 valence electrons. The van der Waals surface area contributed by atoms with Gasteiger partial charge in [-0.25, -0.2) is 0 Å². The lowest BCUT2D eigenvalue weighted by molar-refractivity contribution is -0.909. The molecule has 0 aromatic heterocycles. The maximum absolute atomic E-state index is 6.26. The van der Waals surface area contributed by atoms with Crippen LogP contribution in [0.15, 0.2) is 54.1 Å². The predicted molar refractivity (Wildman–Crippen MR) is 192 cm³/mol. The van der Waals surface area contributed by atoms with Crippen LogP contribution < -0.4 is 15.2 Å². The predicted octanol–water partition coefficient (Wildman–Crippen LogP) is 9.80. The first-order valence-corrected chi connectivity index (χ1v) is 19.3. The van der Waals surface area contributed by atoms with Crippen molar-refractivity contribution in [1.82, 2.24) is 0 Å². The summed E-state index contributed by atoms with van der Waals surface area (Å²) >= 11 is 0. The monoisotopic (exact) mass is 627 g/mol. The summed E-state index contributed by atoms with van der Waals surface area (Å²) in [4.78, 5) is 0. The van der Waals surface area contributed by atoms with Crippen LogP contribution in [0.2, 0.25) is 0 Å². The minimum Gasteiger partial charge on any atom is -0.494 e. The van der Waals surface area contributed by atoms with Gasteiger partial charge in [-0.3, -0.25) is 0 Å². The highest BCUT2D eigenvalue weighted by molar-refractivity contribution is 5.83. The van der Waals surface area contributed by atoms with Crippen LogP contribution in [0.25, 0.3) is 5.57 Å². The topological polar surface area (TPSA) is 44.5 Å². The molecule has 1 saturated heterocycles. The fourth-order valence-electron chi connectivity index (χ4n) is 9.64. The third-order valence-corrected chi connectivity index (χ3v) is 12.0. The summed E-state index contributed by atoms with van der Waals surface area (Å²) in [6.07, 6.45) is 22.5. The molecule has 1 heterocycles. The normalized spacial score (nSPS) is 25.0. The first-order chi connectivity index (χ1) is 22.6. The second-order valence-corrected chi connectivity index (χ2v) is 15.7. The van der Waals surface area contributed by atoms with Gasteiger partial charge in [0.1, 0.15) is 11.5 Å². The van der Waals surface area contributed by atoms with Gasteiger partial charge in [0.25, 0.3) is 0 Å². The number of rotatable bonds is 17. The van der Waals surface area contributed by atoms with Crippen molar-refractivity contribution in [3.63, 3.8) is 0 Å². The van der Waals surface area contributed by atoms with Crippen LogP contribution in [-0.2, 0) is 0 Å². The molecular formula is C42H63N2O2+. The molecule has 1 aliphatic heterocycles. The number of hydrogen-bond donors (Lipinski definition) is 1. The second-order valence-electron chi connectivity index (χ2n) is 15.7. The minimum atomic E-state index is 0.760. The molecule has 4 saturated carbocycles. The van der Waals surface area contributed by atoms with Crippen molar-refractivity contribution in [3.05, 3.63) is 65.2 Å². The Morgan fingerprint density at radius 2 is 1.09 bits per heavy atom. The Labute approximate surface area is 280 Å². The number of hydrogen-bond acceptors (Lipinski definition) is 3. The summed E-state index contributed by atoms with van der Waals surface area (Å²) in [6, 6.07) is 18.1. The Bertz CT molecular complexity index is 1200. The van der Waals surface area contributed by atoms with E-state index in [4.69, 9.17) is 15.2 Å². The Kier molecular flexibility index (Phi) is 12.2. The van der Waals surface area contributed by atoms with Crippen molar-refractivity contribution < 1.29 is 14.0 Å². The first kappa shape index (κ1) is 33.6. The van der Waals surface area contributed by atoms with Crippen LogP contribution in [0, 0.1) is 23.7 Å². The molecule has 4 nitrogen and oxygen atoms in total. The molecule has 5 fully saturated rings. The van der Waals surface area contributed by atoms with Gasteiger partial charge in [-0.15, -0.1) is 0 Å². The van der Waals surface area contributed by atoms with Crippen LogP contribution in [0.4, 0.5) is 0 Å². The van der Waals surface area contributed by atoms with E-state index in [0.717, 1.165) is 74.2 Å². The summed E-state index contributed by atoms with van der Waals surface area (Å²) in [5.41, 5.74) is 11.6. The van der Waals surface area contributed by atoms with E-state index in [-0.39, 0.29) is 0 Å². The minimum absolute atomic E-state index is 0.760. The third-order valence-electron chi connectivity index (χ3n) is 12.0. The van der Waals surface area contributed by atoms with Gasteiger partial charge in [0.2, 0.25) is 0 Å². The Morgan fingerprint density at radius 1 is 0.609 bits per heavy atom. The summed E-state index contributed by atoms with van der Waals surface area (Å²) in [7, 11) is 2.49. The van der Waals surface area contributed by atoms with Crippen LogP contribution in [0.1, 0.15) is 120 Å². The quantitative estimate of drug-likeness (QED) is 0.140. The number of unbranched alkanes of at least 4 members (excludes halogenated alkanes) is 6. The van der Waals surface area contributed by atoms with Crippen molar-refractivity contribution in [2.24, 2.45) is 29.4 Å². The van der Waals surface area contributed by atoms with Crippen LogP contribution in [0.3, 0.4) is 0 Å². The highest BCUT2D eigenvalue weighted by atomic mass is 16.5. The first-order valence-electron chi connectivity index (χ1n) is 19.3. The number of allylic oxidation sites excluding steroid dienone is 1. The molecule has 0 radical (unpaired) electrons. The maximum atomic E-state index is 6.26. The number of benzene rings is 2. The summed E-state index contributed by atoms with van der Waals surface area (Å²) in [6.45, 7) is 6.52. The average molecular weight is 628 g/mol. The van der Waals surface area contributed by atoms with Gasteiger partial charge in [0.15, 0.2) is 0 Å². The van der Waals surface area contributed by atoms with E-state index in [1.54, 1.807) is 5.57 Å². The zero-order chi connectivity index (χ0) is 31.6. The molecule has 2 aromatic rings. The van der Waals surface area contributed by atoms with E-state index in [2.05, 4.69) is 55.6 Å². The fourth-order valence-corrected chi connectivity index (χ4v) is 9.64. The second kappa shape index (κ2) is 16.7.